The molecule has 0 saturated heterocycles. The predicted molar refractivity (Wildman–Crippen MR) is 114 cm³/mol. The number of hydrogen-bond donors (Lipinski definition) is 0. The zero-order valence-electron chi connectivity index (χ0n) is 19.3. The first-order chi connectivity index (χ1) is 14.3. The molecule has 0 spiro atoms. The van der Waals surface area contributed by atoms with Crippen molar-refractivity contribution < 1.29 is 19.1 Å². The van der Waals surface area contributed by atoms with Crippen molar-refractivity contribution >= 4 is 11.9 Å². The van der Waals surface area contributed by atoms with E-state index in [9.17, 15) is 9.59 Å². The maximum atomic E-state index is 13.2. The average molecular weight is 417 g/mol. The quantitative estimate of drug-likeness (QED) is 0.422. The van der Waals surface area contributed by atoms with E-state index in [4.69, 9.17) is 9.47 Å². The van der Waals surface area contributed by atoms with Gasteiger partial charge < -0.3 is 9.47 Å². The van der Waals surface area contributed by atoms with E-state index >= 15 is 0 Å². The molecule has 0 amide bonds. The second-order valence-electron chi connectivity index (χ2n) is 11.9. The second-order valence-corrected chi connectivity index (χ2v) is 11.9. The Balaban J connectivity index is 1.24. The normalized spacial score (nSPS) is 43.1. The molecule has 4 bridgehead atoms. The van der Waals surface area contributed by atoms with Crippen molar-refractivity contribution in [1.82, 2.24) is 0 Å². The van der Waals surface area contributed by atoms with E-state index in [0.29, 0.717) is 35.5 Å². The van der Waals surface area contributed by atoms with Crippen molar-refractivity contribution in [2.75, 3.05) is 0 Å². The van der Waals surface area contributed by atoms with E-state index in [1.807, 2.05) is 13.8 Å². The first-order valence-electron chi connectivity index (χ1n) is 12.7. The molecular formula is C26H40O4. The molecule has 0 heterocycles. The molecule has 0 aliphatic heterocycles. The fourth-order valence-electron chi connectivity index (χ4n) is 8.22. The molecule has 0 radical (unpaired) electrons. The van der Waals surface area contributed by atoms with E-state index in [-0.39, 0.29) is 35.0 Å². The van der Waals surface area contributed by atoms with Gasteiger partial charge in [0.15, 0.2) is 0 Å². The summed E-state index contributed by atoms with van der Waals surface area (Å²) in [6.45, 7) is 8.22. The number of hydrogen-bond acceptors (Lipinski definition) is 4. The van der Waals surface area contributed by atoms with Gasteiger partial charge in [-0.25, -0.2) is 0 Å². The molecule has 30 heavy (non-hydrogen) atoms. The summed E-state index contributed by atoms with van der Waals surface area (Å²) in [7, 11) is 0. The number of ether oxygens (including phenoxy) is 2. The second kappa shape index (κ2) is 7.24. The van der Waals surface area contributed by atoms with Crippen molar-refractivity contribution in [2.24, 2.45) is 46.8 Å². The van der Waals surface area contributed by atoms with Crippen LogP contribution >= 0.6 is 0 Å². The SMILES string of the molecule is CCC1(OC(=O)C2CC3CC2C2C4CC(OC(=O)C(C)(C)CC)C(C4)C32)CCCC1. The zero-order chi connectivity index (χ0) is 21.3. The highest BCUT2D eigenvalue weighted by Crippen LogP contribution is 2.69. The number of fused-ring (bicyclic) bond motifs is 9. The molecule has 5 rings (SSSR count). The Hall–Kier alpha value is -1.06. The summed E-state index contributed by atoms with van der Waals surface area (Å²) in [4.78, 5) is 25.9. The third-order valence-electron chi connectivity index (χ3n) is 10.2. The lowest BCUT2D eigenvalue weighted by atomic mass is 9.66. The third-order valence-corrected chi connectivity index (χ3v) is 10.2. The van der Waals surface area contributed by atoms with Gasteiger partial charge in [-0.15, -0.1) is 0 Å². The number of rotatable bonds is 6. The smallest absolute Gasteiger partial charge is 0.311 e. The molecule has 5 fully saturated rings. The van der Waals surface area contributed by atoms with E-state index < -0.39 is 0 Å². The first-order valence-corrected chi connectivity index (χ1v) is 12.7. The average Bonchev–Trinajstić information content (AvgIpc) is 3.52. The van der Waals surface area contributed by atoms with Gasteiger partial charge in [-0.3, -0.25) is 9.59 Å². The van der Waals surface area contributed by atoms with Crippen molar-refractivity contribution in [3.63, 3.8) is 0 Å². The van der Waals surface area contributed by atoms with Crippen molar-refractivity contribution in [2.45, 2.75) is 104 Å². The van der Waals surface area contributed by atoms with E-state index in [1.165, 1.54) is 25.7 Å². The summed E-state index contributed by atoms with van der Waals surface area (Å²) in [5, 5.41) is 0. The Labute approximate surface area is 181 Å². The molecule has 0 aromatic rings. The maximum Gasteiger partial charge on any atom is 0.311 e. The maximum absolute atomic E-state index is 13.2. The van der Waals surface area contributed by atoms with Gasteiger partial charge in [0.25, 0.3) is 0 Å². The Kier molecular flexibility index (Phi) is 5.02. The van der Waals surface area contributed by atoms with Crippen LogP contribution in [0, 0.1) is 46.8 Å². The molecule has 8 unspecified atom stereocenters. The lowest BCUT2D eigenvalue weighted by Gasteiger charge is -2.41. The van der Waals surface area contributed by atoms with Gasteiger partial charge in [0.05, 0.1) is 11.3 Å². The van der Waals surface area contributed by atoms with Gasteiger partial charge in [0.1, 0.15) is 11.7 Å². The largest absolute Gasteiger partial charge is 0.462 e. The summed E-state index contributed by atoms with van der Waals surface area (Å²) < 4.78 is 12.3. The molecule has 5 aliphatic rings. The molecule has 168 valence electrons. The van der Waals surface area contributed by atoms with Crippen LogP contribution in [0.15, 0.2) is 0 Å². The first kappa shape index (κ1) is 20.8. The van der Waals surface area contributed by atoms with Crippen molar-refractivity contribution in [3.8, 4) is 0 Å². The van der Waals surface area contributed by atoms with Crippen LogP contribution in [0.2, 0.25) is 0 Å². The Morgan fingerprint density at radius 2 is 1.57 bits per heavy atom. The van der Waals surface area contributed by atoms with E-state index in [0.717, 1.165) is 38.5 Å². The predicted octanol–water partition coefficient (Wildman–Crippen LogP) is 5.53. The summed E-state index contributed by atoms with van der Waals surface area (Å²) in [6, 6.07) is 0. The van der Waals surface area contributed by atoms with Crippen LogP contribution in [0.25, 0.3) is 0 Å². The molecule has 0 N–H and O–H groups in total. The molecule has 5 saturated carbocycles. The lowest BCUT2D eigenvalue weighted by Crippen LogP contribution is -2.43. The molecular weight excluding hydrogens is 376 g/mol. The van der Waals surface area contributed by atoms with Gasteiger partial charge in [0.2, 0.25) is 0 Å². The summed E-state index contributed by atoms with van der Waals surface area (Å²) in [5.74, 6) is 3.87. The number of carbonyl (C=O) groups is 2. The highest BCUT2D eigenvalue weighted by Gasteiger charge is 2.67. The van der Waals surface area contributed by atoms with Crippen LogP contribution in [-0.2, 0) is 19.1 Å². The third kappa shape index (κ3) is 3.06. The van der Waals surface area contributed by atoms with E-state index in [1.54, 1.807) is 0 Å². The van der Waals surface area contributed by atoms with Gasteiger partial charge in [-0.05, 0) is 114 Å². The highest BCUT2D eigenvalue weighted by molar-refractivity contribution is 5.76. The standard InChI is InChI=1S/C26H40O4/c1-5-25(3,4)24(28)29-20-14-16-13-19(20)22-15-11-17(21(16)22)18(12-15)23(27)30-26(6-2)9-7-8-10-26/h15-22H,5-14H2,1-4H3. The topological polar surface area (TPSA) is 52.6 Å². The fraction of sp³-hybridized carbons (Fsp3) is 0.923. The minimum atomic E-state index is -0.389. The van der Waals surface area contributed by atoms with Crippen LogP contribution in [0.1, 0.15) is 91.9 Å². The summed E-state index contributed by atoms with van der Waals surface area (Å²) >= 11 is 0. The van der Waals surface area contributed by atoms with Crippen molar-refractivity contribution in [3.05, 3.63) is 0 Å². The number of carbonyl (C=O) groups excluding carboxylic acids is 2. The fourth-order valence-corrected chi connectivity index (χ4v) is 8.22. The van der Waals surface area contributed by atoms with Gasteiger partial charge in [0, 0.05) is 0 Å². The lowest BCUT2D eigenvalue weighted by molar-refractivity contribution is -0.170. The van der Waals surface area contributed by atoms with Crippen LogP contribution in [0.3, 0.4) is 0 Å². The highest BCUT2D eigenvalue weighted by atomic mass is 16.6. The molecule has 8 atom stereocenters. The van der Waals surface area contributed by atoms with E-state index in [2.05, 4.69) is 13.8 Å². The molecule has 4 nitrogen and oxygen atoms in total. The van der Waals surface area contributed by atoms with Crippen LogP contribution in [-0.4, -0.2) is 23.6 Å². The summed E-state index contributed by atoms with van der Waals surface area (Å²) in [6.07, 6.45) is 10.8. The Morgan fingerprint density at radius 3 is 2.23 bits per heavy atom. The summed E-state index contributed by atoms with van der Waals surface area (Å²) in [5.41, 5.74) is -0.557. The number of esters is 2. The van der Waals surface area contributed by atoms with Gasteiger partial charge >= 0.3 is 11.9 Å². The van der Waals surface area contributed by atoms with Crippen molar-refractivity contribution in [1.29, 1.82) is 0 Å². The minimum Gasteiger partial charge on any atom is -0.462 e. The molecule has 0 aromatic carbocycles. The van der Waals surface area contributed by atoms with Gasteiger partial charge in [-0.2, -0.15) is 0 Å². The van der Waals surface area contributed by atoms with Crippen LogP contribution in [0.4, 0.5) is 0 Å². The van der Waals surface area contributed by atoms with Crippen LogP contribution < -0.4 is 0 Å². The van der Waals surface area contributed by atoms with Gasteiger partial charge in [-0.1, -0.05) is 13.8 Å². The zero-order valence-corrected chi connectivity index (χ0v) is 19.3. The minimum absolute atomic E-state index is 0.0230. The van der Waals surface area contributed by atoms with Crippen LogP contribution in [0.5, 0.6) is 0 Å². The molecule has 5 aliphatic carbocycles. The Bertz CT molecular complexity index is 706. The Morgan fingerprint density at radius 1 is 0.933 bits per heavy atom. The molecule has 0 aromatic heterocycles. The molecule has 4 heteroatoms. The monoisotopic (exact) mass is 416 g/mol.